The van der Waals surface area contributed by atoms with Crippen LogP contribution < -0.4 is 4.74 Å². The van der Waals surface area contributed by atoms with Gasteiger partial charge in [0.05, 0.1) is 13.3 Å². The summed E-state index contributed by atoms with van der Waals surface area (Å²) < 4.78 is 5.11. The van der Waals surface area contributed by atoms with E-state index < -0.39 is 0 Å². The minimum absolute atomic E-state index is 0.481. The minimum Gasteiger partial charge on any atom is -0.495 e. The van der Waals surface area contributed by atoms with Crippen LogP contribution in [-0.4, -0.2) is 23.6 Å². The Bertz CT molecular complexity index is 361. The Morgan fingerprint density at radius 1 is 1.31 bits per heavy atom. The van der Waals surface area contributed by atoms with Crippen molar-refractivity contribution in [3.63, 3.8) is 0 Å². The van der Waals surface area contributed by atoms with Gasteiger partial charge in [-0.15, -0.1) is 0 Å². The number of hydrogen-bond donors (Lipinski definition) is 0. The number of ether oxygens (including phenoxy) is 1. The fourth-order valence-corrected chi connectivity index (χ4v) is 2.59. The first kappa shape index (κ1) is 11.5. The Balaban J connectivity index is 2.07. The normalized spacial score (nSPS) is 24.4. The molecule has 86 valence electrons. The number of rotatable bonds is 3. The van der Waals surface area contributed by atoms with E-state index in [1.54, 1.807) is 13.3 Å². The van der Waals surface area contributed by atoms with E-state index in [0.717, 1.165) is 11.4 Å². The van der Waals surface area contributed by atoms with E-state index >= 15 is 0 Å². The second-order valence-corrected chi connectivity index (χ2v) is 5.04. The molecule has 0 N–H and O–H groups in total. The summed E-state index contributed by atoms with van der Waals surface area (Å²) in [6.45, 7) is 0. The average Bonchev–Trinajstić information content (AvgIpc) is 2.39. The molecule has 1 aliphatic rings. The number of thioether (sulfide) groups is 1. The highest BCUT2D eigenvalue weighted by Gasteiger charge is 2.17. The van der Waals surface area contributed by atoms with Crippen LogP contribution in [0, 0.1) is 0 Å². The van der Waals surface area contributed by atoms with Crippen LogP contribution in [0.3, 0.4) is 0 Å². The molecule has 2 atom stereocenters. The molecule has 3 heteroatoms. The van der Waals surface area contributed by atoms with Crippen LogP contribution >= 0.6 is 11.8 Å². The van der Waals surface area contributed by atoms with Crippen LogP contribution in [-0.2, 0) is 0 Å². The molecule has 2 nitrogen and oxygen atoms in total. The van der Waals surface area contributed by atoms with Crippen LogP contribution in [0.5, 0.6) is 5.75 Å². The highest BCUT2D eigenvalue weighted by Crippen LogP contribution is 2.30. The molecule has 0 saturated heterocycles. The molecule has 0 spiro atoms. The maximum Gasteiger partial charge on any atom is 0.137 e. The molecule has 2 rings (SSSR count). The maximum atomic E-state index is 5.11. The number of hydrogen-bond acceptors (Lipinski definition) is 3. The van der Waals surface area contributed by atoms with E-state index in [-0.39, 0.29) is 0 Å². The second-order valence-electron chi connectivity index (χ2n) is 3.97. The molecule has 0 saturated carbocycles. The Morgan fingerprint density at radius 2 is 2.19 bits per heavy atom. The molecule has 1 heterocycles. The highest BCUT2D eigenvalue weighted by atomic mass is 32.2. The first-order chi connectivity index (χ1) is 7.83. The smallest absolute Gasteiger partial charge is 0.137 e. The Kier molecular flexibility index (Phi) is 3.88. The van der Waals surface area contributed by atoms with Gasteiger partial charge in [0.25, 0.3) is 0 Å². The van der Waals surface area contributed by atoms with Crippen LogP contribution in [0.25, 0.3) is 0 Å². The lowest BCUT2D eigenvalue weighted by molar-refractivity contribution is 0.412. The quantitative estimate of drug-likeness (QED) is 0.751. The molecule has 2 unspecified atom stereocenters. The first-order valence-electron chi connectivity index (χ1n) is 5.54. The lowest BCUT2D eigenvalue weighted by Crippen LogP contribution is -2.09. The van der Waals surface area contributed by atoms with E-state index in [9.17, 15) is 0 Å². The number of pyridine rings is 1. The monoisotopic (exact) mass is 235 g/mol. The van der Waals surface area contributed by atoms with Crippen molar-refractivity contribution in [2.45, 2.75) is 24.0 Å². The summed E-state index contributed by atoms with van der Waals surface area (Å²) in [7, 11) is 1.67. The van der Waals surface area contributed by atoms with E-state index in [1.165, 1.54) is 12.8 Å². The molecule has 1 aromatic heterocycles. The average molecular weight is 235 g/mol. The zero-order chi connectivity index (χ0) is 11.4. The van der Waals surface area contributed by atoms with Crippen molar-refractivity contribution in [2.75, 3.05) is 13.4 Å². The lowest BCUT2D eigenvalue weighted by atomic mass is 9.92. The minimum atomic E-state index is 0.481. The van der Waals surface area contributed by atoms with Crippen LogP contribution in [0.2, 0.25) is 0 Å². The summed E-state index contributed by atoms with van der Waals surface area (Å²) in [5.41, 5.74) is 1.15. The molecular formula is C13H17NOS. The molecule has 16 heavy (non-hydrogen) atoms. The molecular weight excluding hydrogens is 218 g/mol. The predicted molar refractivity (Wildman–Crippen MR) is 69.2 cm³/mol. The topological polar surface area (TPSA) is 22.1 Å². The number of aromatic nitrogens is 1. The van der Waals surface area contributed by atoms with Crippen molar-refractivity contribution >= 4 is 11.8 Å². The molecule has 0 aliphatic heterocycles. The van der Waals surface area contributed by atoms with Gasteiger partial charge in [0.15, 0.2) is 0 Å². The van der Waals surface area contributed by atoms with Crippen molar-refractivity contribution in [1.29, 1.82) is 0 Å². The van der Waals surface area contributed by atoms with E-state index in [1.807, 2.05) is 17.8 Å². The standard InChI is InChI=1S/C13H17NOS/c1-15-11-5-8-13(14-9-11)10-3-6-12(16-2)7-4-10/h3,5-6,8-10,12H,4,7H2,1-2H3. The van der Waals surface area contributed by atoms with Crippen molar-refractivity contribution in [1.82, 2.24) is 4.98 Å². The lowest BCUT2D eigenvalue weighted by Gasteiger charge is -2.21. The summed E-state index contributed by atoms with van der Waals surface area (Å²) in [4.78, 5) is 4.44. The largest absolute Gasteiger partial charge is 0.495 e. The van der Waals surface area contributed by atoms with Gasteiger partial charge in [-0.1, -0.05) is 12.2 Å². The zero-order valence-electron chi connectivity index (χ0n) is 9.72. The molecule has 0 fully saturated rings. The van der Waals surface area contributed by atoms with Crippen LogP contribution in [0.4, 0.5) is 0 Å². The summed E-state index contributed by atoms with van der Waals surface area (Å²) in [6, 6.07) is 4.05. The van der Waals surface area contributed by atoms with Gasteiger partial charge < -0.3 is 4.74 Å². The van der Waals surface area contributed by atoms with Crippen molar-refractivity contribution in [3.8, 4) is 5.75 Å². The molecule has 1 aromatic rings. The van der Waals surface area contributed by atoms with Gasteiger partial charge in [-0.3, -0.25) is 4.98 Å². The fourth-order valence-electron chi connectivity index (χ4n) is 1.97. The second kappa shape index (κ2) is 5.39. The van der Waals surface area contributed by atoms with E-state index in [4.69, 9.17) is 4.74 Å². The third kappa shape index (κ3) is 2.59. The van der Waals surface area contributed by atoms with Crippen molar-refractivity contribution in [2.24, 2.45) is 0 Å². The van der Waals surface area contributed by atoms with Gasteiger partial charge in [-0.2, -0.15) is 11.8 Å². The van der Waals surface area contributed by atoms with Crippen LogP contribution in [0.1, 0.15) is 24.5 Å². The summed E-state index contributed by atoms with van der Waals surface area (Å²) >= 11 is 1.92. The number of allylic oxidation sites excluding steroid dienone is 1. The number of methoxy groups -OCH3 is 1. The Hall–Kier alpha value is -0.960. The fraction of sp³-hybridized carbons (Fsp3) is 0.462. The molecule has 0 aromatic carbocycles. The third-order valence-corrected chi connectivity index (χ3v) is 4.00. The Labute approximate surface area is 101 Å². The van der Waals surface area contributed by atoms with Gasteiger partial charge in [-0.05, 0) is 31.2 Å². The summed E-state index contributed by atoms with van der Waals surface area (Å²) in [6.07, 6.45) is 11.0. The summed E-state index contributed by atoms with van der Waals surface area (Å²) in [5, 5.41) is 0.689. The highest BCUT2D eigenvalue weighted by molar-refractivity contribution is 7.99. The van der Waals surface area contributed by atoms with Gasteiger partial charge >= 0.3 is 0 Å². The third-order valence-electron chi connectivity index (χ3n) is 3.00. The molecule has 0 bridgehead atoms. The SMILES string of the molecule is COc1ccc(C2C=CC(SC)CC2)nc1. The molecule has 0 radical (unpaired) electrons. The van der Waals surface area contributed by atoms with Gasteiger partial charge in [0, 0.05) is 16.9 Å². The predicted octanol–water partition coefficient (Wildman–Crippen LogP) is 3.26. The molecule has 0 amide bonds. The molecule has 1 aliphatic carbocycles. The Morgan fingerprint density at radius 3 is 2.69 bits per heavy atom. The van der Waals surface area contributed by atoms with Crippen LogP contribution in [0.15, 0.2) is 30.5 Å². The number of nitrogens with zero attached hydrogens (tertiary/aromatic N) is 1. The van der Waals surface area contributed by atoms with Gasteiger partial charge in [0.2, 0.25) is 0 Å². The zero-order valence-corrected chi connectivity index (χ0v) is 10.5. The van der Waals surface area contributed by atoms with Gasteiger partial charge in [0.1, 0.15) is 5.75 Å². The summed E-state index contributed by atoms with van der Waals surface area (Å²) in [5.74, 6) is 1.31. The van der Waals surface area contributed by atoms with Gasteiger partial charge in [-0.25, -0.2) is 0 Å². The van der Waals surface area contributed by atoms with Crippen molar-refractivity contribution in [3.05, 3.63) is 36.2 Å². The van der Waals surface area contributed by atoms with E-state index in [0.29, 0.717) is 11.2 Å². The van der Waals surface area contributed by atoms with Crippen molar-refractivity contribution < 1.29 is 4.74 Å². The van der Waals surface area contributed by atoms with E-state index in [2.05, 4.69) is 29.5 Å². The maximum absolute atomic E-state index is 5.11. The first-order valence-corrected chi connectivity index (χ1v) is 6.83.